The third-order valence-corrected chi connectivity index (χ3v) is 3.84. The Morgan fingerprint density at radius 1 is 1.00 bits per heavy atom. The van der Waals surface area contributed by atoms with Crippen LogP contribution >= 0.6 is 0 Å². The Bertz CT molecular complexity index is 774. The number of hydrogen-bond acceptors (Lipinski definition) is 6. The number of non-ortho nitro benzene ring substituents is 1. The van der Waals surface area contributed by atoms with Gasteiger partial charge in [0.2, 0.25) is 0 Å². The smallest absolute Gasteiger partial charge is 0.299 e. The second kappa shape index (κ2) is 7.61. The van der Waals surface area contributed by atoms with Crippen LogP contribution in [0, 0.1) is 26.1 Å². The molecule has 0 spiro atoms. The zero-order valence-electron chi connectivity index (χ0n) is 14.1. The molecule has 132 valence electrons. The van der Waals surface area contributed by atoms with Crippen molar-refractivity contribution >= 4 is 17.1 Å². The summed E-state index contributed by atoms with van der Waals surface area (Å²) in [5.41, 5.74) is 0.532. The van der Waals surface area contributed by atoms with Crippen LogP contribution in [0.15, 0.2) is 42.5 Å². The standard InChI is InChI=1S/C17H19N3O5/c1-11(2)17(12-4-7-14(25-3)8-5-12)18-15-9-6-13(19(21)22)10-16(15)20(23)24/h4-11,17-18H,1-3H3. The van der Waals surface area contributed by atoms with Crippen molar-refractivity contribution in [1.82, 2.24) is 0 Å². The Morgan fingerprint density at radius 3 is 2.12 bits per heavy atom. The van der Waals surface area contributed by atoms with Crippen LogP contribution in [0.5, 0.6) is 5.75 Å². The van der Waals surface area contributed by atoms with E-state index in [-0.39, 0.29) is 29.0 Å². The number of benzene rings is 2. The number of anilines is 1. The number of hydrogen-bond donors (Lipinski definition) is 1. The Morgan fingerprint density at radius 2 is 1.64 bits per heavy atom. The first-order valence-electron chi connectivity index (χ1n) is 7.66. The van der Waals surface area contributed by atoms with E-state index in [1.807, 2.05) is 38.1 Å². The highest BCUT2D eigenvalue weighted by Crippen LogP contribution is 2.34. The Labute approximate surface area is 144 Å². The van der Waals surface area contributed by atoms with E-state index >= 15 is 0 Å². The first kappa shape index (κ1) is 18.2. The second-order valence-corrected chi connectivity index (χ2v) is 5.85. The average Bonchev–Trinajstić information content (AvgIpc) is 2.59. The fraction of sp³-hybridized carbons (Fsp3) is 0.294. The van der Waals surface area contributed by atoms with E-state index in [1.165, 1.54) is 12.1 Å². The van der Waals surface area contributed by atoms with Gasteiger partial charge < -0.3 is 10.1 Å². The summed E-state index contributed by atoms with van der Waals surface area (Å²) in [4.78, 5) is 20.9. The molecule has 0 fully saturated rings. The molecule has 25 heavy (non-hydrogen) atoms. The summed E-state index contributed by atoms with van der Waals surface area (Å²) in [7, 11) is 1.58. The van der Waals surface area contributed by atoms with Gasteiger partial charge in [0.1, 0.15) is 11.4 Å². The van der Waals surface area contributed by atoms with Crippen LogP contribution in [0.1, 0.15) is 25.5 Å². The Hall–Kier alpha value is -3.16. The van der Waals surface area contributed by atoms with Crippen molar-refractivity contribution in [2.45, 2.75) is 19.9 Å². The third-order valence-electron chi connectivity index (χ3n) is 3.84. The number of nitro groups is 2. The molecule has 2 aromatic rings. The largest absolute Gasteiger partial charge is 0.497 e. The number of ether oxygens (including phenoxy) is 1. The quantitative estimate of drug-likeness (QED) is 0.591. The molecule has 2 aromatic carbocycles. The molecule has 0 saturated heterocycles. The van der Waals surface area contributed by atoms with Crippen molar-refractivity contribution < 1.29 is 14.6 Å². The molecule has 0 radical (unpaired) electrons. The molecule has 0 aliphatic heterocycles. The number of nitrogens with zero attached hydrogens (tertiary/aromatic N) is 2. The fourth-order valence-electron chi connectivity index (χ4n) is 2.52. The first-order valence-corrected chi connectivity index (χ1v) is 7.66. The van der Waals surface area contributed by atoms with Gasteiger partial charge in [0.15, 0.2) is 0 Å². The maximum absolute atomic E-state index is 11.3. The molecule has 8 heteroatoms. The SMILES string of the molecule is COc1ccc(C(Nc2ccc([N+](=O)[O-])cc2[N+](=O)[O-])C(C)C)cc1. The molecular formula is C17H19N3O5. The van der Waals surface area contributed by atoms with E-state index < -0.39 is 9.85 Å². The van der Waals surface area contributed by atoms with E-state index in [1.54, 1.807) is 7.11 Å². The number of rotatable bonds is 7. The summed E-state index contributed by atoms with van der Waals surface area (Å²) in [5.74, 6) is 0.843. The van der Waals surface area contributed by atoms with Crippen molar-refractivity contribution in [3.05, 3.63) is 68.3 Å². The maximum Gasteiger partial charge on any atom is 0.299 e. The molecule has 2 rings (SSSR count). The summed E-state index contributed by atoms with van der Waals surface area (Å²) in [6, 6.07) is 10.8. The van der Waals surface area contributed by atoms with Crippen LogP contribution in [0.25, 0.3) is 0 Å². The molecule has 0 heterocycles. The molecule has 1 N–H and O–H groups in total. The van der Waals surface area contributed by atoms with Gasteiger partial charge in [-0.25, -0.2) is 0 Å². The molecule has 8 nitrogen and oxygen atoms in total. The topological polar surface area (TPSA) is 108 Å². The zero-order chi connectivity index (χ0) is 18.6. The lowest BCUT2D eigenvalue weighted by atomic mass is 9.95. The average molecular weight is 345 g/mol. The summed E-state index contributed by atoms with van der Waals surface area (Å²) in [6.07, 6.45) is 0. The molecule has 0 aliphatic rings. The molecule has 0 aromatic heterocycles. The lowest BCUT2D eigenvalue weighted by Crippen LogP contribution is -2.17. The van der Waals surface area contributed by atoms with Gasteiger partial charge >= 0.3 is 0 Å². The van der Waals surface area contributed by atoms with Gasteiger partial charge in [-0.2, -0.15) is 0 Å². The van der Waals surface area contributed by atoms with Gasteiger partial charge in [-0.05, 0) is 29.7 Å². The molecule has 1 unspecified atom stereocenters. The van der Waals surface area contributed by atoms with Crippen molar-refractivity contribution in [1.29, 1.82) is 0 Å². The molecular weight excluding hydrogens is 326 g/mol. The lowest BCUT2D eigenvalue weighted by molar-refractivity contribution is -0.393. The monoisotopic (exact) mass is 345 g/mol. The van der Waals surface area contributed by atoms with Gasteiger partial charge in [-0.1, -0.05) is 26.0 Å². The van der Waals surface area contributed by atoms with Crippen LogP contribution in [0.3, 0.4) is 0 Å². The molecule has 0 aliphatic carbocycles. The van der Waals surface area contributed by atoms with Gasteiger partial charge in [0.05, 0.1) is 29.1 Å². The van der Waals surface area contributed by atoms with E-state index in [2.05, 4.69) is 5.32 Å². The minimum Gasteiger partial charge on any atom is -0.497 e. The number of nitro benzene ring substituents is 2. The van der Waals surface area contributed by atoms with Gasteiger partial charge in [-0.3, -0.25) is 20.2 Å². The zero-order valence-corrected chi connectivity index (χ0v) is 14.1. The van der Waals surface area contributed by atoms with Crippen molar-refractivity contribution in [2.24, 2.45) is 5.92 Å². The van der Waals surface area contributed by atoms with Crippen molar-refractivity contribution in [3.8, 4) is 5.75 Å². The van der Waals surface area contributed by atoms with E-state index in [4.69, 9.17) is 4.74 Å². The predicted octanol–water partition coefficient (Wildman–Crippen LogP) is 4.32. The summed E-state index contributed by atoms with van der Waals surface area (Å²) < 4.78 is 5.14. The Balaban J connectivity index is 2.38. The summed E-state index contributed by atoms with van der Waals surface area (Å²) in [5, 5.41) is 25.3. The van der Waals surface area contributed by atoms with Crippen LogP contribution < -0.4 is 10.1 Å². The molecule has 0 bridgehead atoms. The first-order chi connectivity index (χ1) is 11.8. The van der Waals surface area contributed by atoms with Crippen LogP contribution in [0.2, 0.25) is 0 Å². The van der Waals surface area contributed by atoms with Crippen molar-refractivity contribution in [2.75, 3.05) is 12.4 Å². The highest BCUT2D eigenvalue weighted by molar-refractivity contribution is 5.66. The van der Waals surface area contributed by atoms with Crippen molar-refractivity contribution in [3.63, 3.8) is 0 Å². The molecule has 0 saturated carbocycles. The van der Waals surface area contributed by atoms with Gasteiger partial charge in [0, 0.05) is 6.07 Å². The molecule has 0 amide bonds. The van der Waals surface area contributed by atoms with E-state index in [0.717, 1.165) is 11.6 Å². The lowest BCUT2D eigenvalue weighted by Gasteiger charge is -2.24. The number of nitrogens with one attached hydrogen (secondary N) is 1. The van der Waals surface area contributed by atoms with Crippen LogP contribution in [0.4, 0.5) is 17.1 Å². The highest BCUT2D eigenvalue weighted by atomic mass is 16.6. The van der Waals surface area contributed by atoms with E-state index in [0.29, 0.717) is 5.75 Å². The normalized spacial score (nSPS) is 11.8. The molecule has 1 atom stereocenters. The summed E-state index contributed by atoms with van der Waals surface area (Å²) >= 11 is 0. The minimum atomic E-state index is -0.653. The van der Waals surface area contributed by atoms with Gasteiger partial charge in [-0.15, -0.1) is 0 Å². The fourth-order valence-corrected chi connectivity index (χ4v) is 2.52. The summed E-state index contributed by atoms with van der Waals surface area (Å²) in [6.45, 7) is 3.97. The Kier molecular flexibility index (Phi) is 5.53. The third kappa shape index (κ3) is 4.23. The van der Waals surface area contributed by atoms with E-state index in [9.17, 15) is 20.2 Å². The second-order valence-electron chi connectivity index (χ2n) is 5.85. The predicted molar refractivity (Wildman–Crippen MR) is 93.9 cm³/mol. The van der Waals surface area contributed by atoms with Crippen LogP contribution in [-0.4, -0.2) is 17.0 Å². The highest BCUT2D eigenvalue weighted by Gasteiger charge is 2.23. The van der Waals surface area contributed by atoms with Gasteiger partial charge in [0.25, 0.3) is 11.4 Å². The maximum atomic E-state index is 11.3. The van der Waals surface area contributed by atoms with Crippen LogP contribution in [-0.2, 0) is 0 Å². The number of methoxy groups -OCH3 is 1. The minimum absolute atomic E-state index is 0.128.